The van der Waals surface area contributed by atoms with Crippen molar-refractivity contribution in [3.63, 3.8) is 0 Å². The van der Waals surface area contributed by atoms with E-state index in [4.69, 9.17) is 0 Å². The topological polar surface area (TPSA) is 3.01 Å². The minimum absolute atomic E-state index is 0.866. The summed E-state index contributed by atoms with van der Waals surface area (Å²) in [6, 6.07) is 0.866. The normalized spacial score (nSPS) is 22.0. The van der Waals surface area contributed by atoms with E-state index in [-0.39, 0.29) is 0 Å². The first-order valence-corrected chi connectivity index (χ1v) is 4.08. The molecule has 0 N–H and O–H groups in total. The van der Waals surface area contributed by atoms with Crippen molar-refractivity contribution < 1.29 is 0 Å². The van der Waals surface area contributed by atoms with Crippen molar-refractivity contribution in [3.05, 3.63) is 0 Å². The van der Waals surface area contributed by atoms with Crippen LogP contribution in [0.4, 0.5) is 0 Å². The summed E-state index contributed by atoms with van der Waals surface area (Å²) in [5.41, 5.74) is 0. The molecule has 0 spiro atoms. The number of nitrogens with zero attached hydrogens (tertiary/aromatic N) is 1. The van der Waals surface area contributed by atoms with Crippen LogP contribution in [0.2, 0.25) is 0 Å². The Morgan fingerprint density at radius 3 is 2.56 bits per heavy atom. The van der Waals surface area contributed by atoms with Gasteiger partial charge in [-0.1, -0.05) is 19.8 Å². The maximum Gasteiger partial charge on any atom is 0.0113 e. The van der Waals surface area contributed by atoms with Crippen LogP contribution in [0.5, 0.6) is 0 Å². The lowest BCUT2D eigenvalue weighted by molar-refractivity contribution is 0.393. The molecule has 1 nitrogen and oxygen atoms in total. The molecule has 0 aromatic heterocycles. The zero-order valence-corrected chi connectivity index (χ0v) is 6.56. The van der Waals surface area contributed by atoms with Gasteiger partial charge in [0.1, 0.15) is 0 Å². The van der Waals surface area contributed by atoms with Crippen LogP contribution in [0, 0.1) is 0 Å². The summed E-state index contributed by atoms with van der Waals surface area (Å²) < 4.78 is 0. The van der Waals surface area contributed by atoms with Gasteiger partial charge in [0.2, 0.25) is 0 Å². The second-order valence-electron chi connectivity index (χ2n) is 3.03. The van der Waals surface area contributed by atoms with Crippen LogP contribution in [0.3, 0.4) is 0 Å². The summed E-state index contributed by atoms with van der Waals surface area (Å²) in [4.78, 5) is 2.52. The van der Waals surface area contributed by atoms with Gasteiger partial charge in [-0.2, -0.15) is 0 Å². The van der Waals surface area contributed by atoms with Gasteiger partial charge in [0.25, 0.3) is 0 Å². The molecule has 1 rings (SSSR count). The van der Waals surface area contributed by atoms with Gasteiger partial charge >= 0.3 is 0 Å². The smallest absolute Gasteiger partial charge is 0.0113 e. The highest BCUT2D eigenvalue weighted by molar-refractivity contribution is 4.78. The highest BCUT2D eigenvalue weighted by atomic mass is 15.3. The third kappa shape index (κ3) is 2.35. The van der Waals surface area contributed by atoms with Crippen molar-refractivity contribution >= 4 is 0 Å². The van der Waals surface area contributed by atoms with Crippen molar-refractivity contribution in [2.75, 3.05) is 13.1 Å². The van der Waals surface area contributed by atoms with Gasteiger partial charge in [0, 0.05) is 19.1 Å². The van der Waals surface area contributed by atoms with E-state index in [1.54, 1.807) is 0 Å². The molecule has 1 atom stereocenters. The molecule has 0 saturated carbocycles. The Balaban J connectivity index is 1.96. The third-order valence-electron chi connectivity index (χ3n) is 2.08. The fraction of sp³-hybridized carbons (Fsp3) is 1.00. The second kappa shape index (κ2) is 3.21. The van der Waals surface area contributed by atoms with E-state index in [0.29, 0.717) is 0 Å². The third-order valence-corrected chi connectivity index (χ3v) is 2.08. The van der Waals surface area contributed by atoms with E-state index in [1.807, 2.05) is 0 Å². The highest BCUT2D eigenvalue weighted by Gasteiger charge is 2.22. The molecule has 0 aromatic rings. The summed E-state index contributed by atoms with van der Waals surface area (Å²) in [5.74, 6) is 0. The minimum Gasteiger partial charge on any atom is -0.298 e. The predicted octanol–water partition coefficient (Wildman–Crippen LogP) is 1.88. The molecule has 1 aliphatic heterocycles. The van der Waals surface area contributed by atoms with Crippen molar-refractivity contribution in [2.45, 2.75) is 39.2 Å². The monoisotopic (exact) mass is 127 g/mol. The van der Waals surface area contributed by atoms with Gasteiger partial charge in [0.15, 0.2) is 0 Å². The van der Waals surface area contributed by atoms with E-state index < -0.39 is 0 Å². The van der Waals surface area contributed by atoms with E-state index in [0.717, 1.165) is 6.04 Å². The van der Waals surface area contributed by atoms with Gasteiger partial charge in [-0.3, -0.25) is 4.90 Å². The van der Waals surface area contributed by atoms with Crippen LogP contribution in [-0.2, 0) is 0 Å². The van der Waals surface area contributed by atoms with Gasteiger partial charge in [-0.15, -0.1) is 0 Å². The molecular weight excluding hydrogens is 110 g/mol. The lowest BCUT2D eigenvalue weighted by atomic mass is 10.1. The lowest BCUT2D eigenvalue weighted by Crippen LogP contribution is -2.13. The molecule has 1 unspecified atom stereocenters. The molecule has 0 amide bonds. The fourth-order valence-electron chi connectivity index (χ4n) is 1.18. The SMILES string of the molecule is CCCCC(C)N1CC1. The number of hydrogen-bond acceptors (Lipinski definition) is 1. The van der Waals surface area contributed by atoms with Crippen LogP contribution in [0.1, 0.15) is 33.1 Å². The van der Waals surface area contributed by atoms with Crippen LogP contribution in [0.15, 0.2) is 0 Å². The number of hydrogen-bond donors (Lipinski definition) is 0. The largest absolute Gasteiger partial charge is 0.298 e. The zero-order valence-electron chi connectivity index (χ0n) is 6.56. The zero-order chi connectivity index (χ0) is 6.69. The molecule has 1 aliphatic rings. The van der Waals surface area contributed by atoms with Gasteiger partial charge in [-0.05, 0) is 13.3 Å². The van der Waals surface area contributed by atoms with Crippen LogP contribution >= 0.6 is 0 Å². The average molecular weight is 127 g/mol. The highest BCUT2D eigenvalue weighted by Crippen LogP contribution is 2.14. The molecule has 0 radical (unpaired) electrons. The molecule has 0 aliphatic carbocycles. The average Bonchev–Trinajstić information content (AvgIpc) is 2.63. The number of unbranched alkanes of at least 4 members (excludes halogenated alkanes) is 1. The molecule has 0 bridgehead atoms. The van der Waals surface area contributed by atoms with E-state index in [1.165, 1.54) is 32.4 Å². The van der Waals surface area contributed by atoms with Crippen LogP contribution in [0.25, 0.3) is 0 Å². The van der Waals surface area contributed by atoms with Crippen LogP contribution < -0.4 is 0 Å². The van der Waals surface area contributed by atoms with Gasteiger partial charge in [-0.25, -0.2) is 0 Å². The Labute approximate surface area is 58.0 Å². The first kappa shape index (κ1) is 7.07. The molecular formula is C8H17N. The molecule has 1 heteroatoms. The molecule has 9 heavy (non-hydrogen) atoms. The minimum atomic E-state index is 0.866. The summed E-state index contributed by atoms with van der Waals surface area (Å²) in [5, 5.41) is 0. The van der Waals surface area contributed by atoms with Gasteiger partial charge in [0.05, 0.1) is 0 Å². The Bertz CT molecular complexity index is 76.6. The molecule has 0 aromatic carbocycles. The summed E-state index contributed by atoms with van der Waals surface area (Å²) in [7, 11) is 0. The quantitative estimate of drug-likeness (QED) is 0.521. The van der Waals surface area contributed by atoms with E-state index in [9.17, 15) is 0 Å². The Hall–Kier alpha value is -0.0400. The lowest BCUT2D eigenvalue weighted by Gasteiger charge is -2.09. The summed E-state index contributed by atoms with van der Waals surface area (Å²) in [6.45, 7) is 7.30. The van der Waals surface area contributed by atoms with Crippen LogP contribution in [-0.4, -0.2) is 24.0 Å². The van der Waals surface area contributed by atoms with Crippen molar-refractivity contribution in [1.82, 2.24) is 4.90 Å². The molecule has 1 fully saturated rings. The summed E-state index contributed by atoms with van der Waals surface area (Å²) in [6.07, 6.45) is 4.15. The van der Waals surface area contributed by atoms with E-state index in [2.05, 4.69) is 18.7 Å². The van der Waals surface area contributed by atoms with E-state index >= 15 is 0 Å². The van der Waals surface area contributed by atoms with Crippen molar-refractivity contribution in [1.29, 1.82) is 0 Å². The fourth-order valence-corrected chi connectivity index (χ4v) is 1.18. The maximum absolute atomic E-state index is 2.52. The predicted molar refractivity (Wildman–Crippen MR) is 40.6 cm³/mol. The van der Waals surface area contributed by atoms with Crippen molar-refractivity contribution in [3.8, 4) is 0 Å². The Morgan fingerprint density at radius 2 is 2.11 bits per heavy atom. The van der Waals surface area contributed by atoms with Crippen molar-refractivity contribution in [2.24, 2.45) is 0 Å². The Kier molecular flexibility index (Phi) is 2.52. The first-order chi connectivity index (χ1) is 4.34. The maximum atomic E-state index is 2.52. The second-order valence-corrected chi connectivity index (χ2v) is 3.03. The standard InChI is InChI=1S/C8H17N/c1-3-4-5-8(2)9-6-7-9/h8H,3-7H2,1-2H3. The number of rotatable bonds is 4. The molecule has 1 heterocycles. The Morgan fingerprint density at radius 1 is 1.44 bits per heavy atom. The van der Waals surface area contributed by atoms with Gasteiger partial charge < -0.3 is 0 Å². The molecule has 54 valence electrons. The summed E-state index contributed by atoms with van der Waals surface area (Å²) >= 11 is 0. The first-order valence-electron chi connectivity index (χ1n) is 4.08. The molecule has 1 saturated heterocycles.